The molecule has 0 radical (unpaired) electrons. The number of benzene rings is 2. The Morgan fingerprint density at radius 2 is 1.72 bits per heavy atom. The highest BCUT2D eigenvalue weighted by molar-refractivity contribution is 8.00. The number of pyridine rings is 1. The highest BCUT2D eigenvalue weighted by Crippen LogP contribution is 2.37. The summed E-state index contributed by atoms with van der Waals surface area (Å²) in [5.74, 6) is -1.40. The van der Waals surface area contributed by atoms with Crippen molar-refractivity contribution in [1.82, 2.24) is 4.98 Å². The zero-order chi connectivity index (χ0) is 26.6. The van der Waals surface area contributed by atoms with Crippen LogP contribution in [0.25, 0.3) is 11.1 Å². The van der Waals surface area contributed by atoms with Gasteiger partial charge in [-0.15, -0.1) is 0 Å². The number of nitrogens with two attached hydrogens (primary N) is 1. The highest BCUT2D eigenvalue weighted by atomic mass is 35.5. The molecule has 1 atom stereocenters. The van der Waals surface area contributed by atoms with E-state index < -0.39 is 17.1 Å². The van der Waals surface area contributed by atoms with Crippen LogP contribution >= 0.6 is 23.4 Å². The molecule has 0 bridgehead atoms. The first-order chi connectivity index (χ1) is 17.1. The molecule has 0 spiro atoms. The molecular formula is C26H22ClN5O3S. The van der Waals surface area contributed by atoms with Crippen molar-refractivity contribution in [2.75, 3.05) is 11.1 Å². The van der Waals surface area contributed by atoms with Crippen LogP contribution in [0.4, 0.5) is 11.5 Å². The maximum Gasteiger partial charge on any atom is 0.337 e. The molecule has 4 N–H and O–H groups in total. The summed E-state index contributed by atoms with van der Waals surface area (Å²) in [6.45, 7) is 5.74. The van der Waals surface area contributed by atoms with Crippen LogP contribution in [0.1, 0.15) is 53.7 Å². The minimum absolute atomic E-state index is 0.0432. The molecule has 0 aliphatic carbocycles. The van der Waals surface area contributed by atoms with Crippen molar-refractivity contribution in [3.05, 3.63) is 69.7 Å². The van der Waals surface area contributed by atoms with Crippen LogP contribution in [0.15, 0.2) is 47.5 Å². The number of aromatic nitrogens is 1. The van der Waals surface area contributed by atoms with Crippen molar-refractivity contribution in [1.29, 1.82) is 10.5 Å². The van der Waals surface area contributed by atoms with Crippen LogP contribution in [-0.4, -0.2) is 27.2 Å². The maximum atomic E-state index is 12.8. The third-order valence-corrected chi connectivity index (χ3v) is 6.82. The summed E-state index contributed by atoms with van der Waals surface area (Å²) in [6.07, 6.45) is 0. The van der Waals surface area contributed by atoms with Crippen LogP contribution in [-0.2, 0) is 4.79 Å². The number of thioether (sulfide) groups is 1. The average Bonchev–Trinajstić information content (AvgIpc) is 2.84. The molecule has 1 amide bonds. The van der Waals surface area contributed by atoms with E-state index in [0.717, 1.165) is 17.3 Å². The lowest BCUT2D eigenvalue weighted by atomic mass is 9.94. The molecule has 2 aromatic carbocycles. The number of carboxylic acid groups (broad SMARTS) is 1. The number of aromatic carboxylic acids is 1. The van der Waals surface area contributed by atoms with Gasteiger partial charge in [0.1, 0.15) is 28.5 Å². The molecule has 36 heavy (non-hydrogen) atoms. The molecule has 0 fully saturated rings. The summed E-state index contributed by atoms with van der Waals surface area (Å²) in [7, 11) is 0. The largest absolute Gasteiger partial charge is 0.478 e. The highest BCUT2D eigenvalue weighted by Gasteiger charge is 2.24. The van der Waals surface area contributed by atoms with Gasteiger partial charge in [0.05, 0.1) is 21.4 Å². The van der Waals surface area contributed by atoms with Gasteiger partial charge in [-0.3, -0.25) is 4.79 Å². The molecule has 0 aliphatic heterocycles. The number of carbonyl (C=O) groups excluding carboxylic acids is 1. The van der Waals surface area contributed by atoms with E-state index in [-0.39, 0.29) is 38.2 Å². The van der Waals surface area contributed by atoms with Crippen molar-refractivity contribution < 1.29 is 14.7 Å². The van der Waals surface area contributed by atoms with E-state index in [1.54, 1.807) is 6.92 Å². The van der Waals surface area contributed by atoms with Crippen molar-refractivity contribution in [2.45, 2.75) is 37.0 Å². The van der Waals surface area contributed by atoms with Gasteiger partial charge in [0, 0.05) is 11.3 Å². The normalized spacial score (nSPS) is 11.4. The van der Waals surface area contributed by atoms with Gasteiger partial charge in [0.25, 0.3) is 0 Å². The second-order valence-corrected chi connectivity index (χ2v) is 9.91. The predicted molar refractivity (Wildman–Crippen MR) is 140 cm³/mol. The standard InChI is InChI=1S/C26H22ClN5O3S/c1-13(2)15-4-6-16(7-5-15)22-19(11-28)23(30)32-25(20(22)12-29)36-14(3)24(33)31-17-8-9-21(27)18(10-17)26(34)35/h4-10,13-14H,1-3H3,(H2,30,32)(H,31,33)(H,34,35). The van der Waals surface area contributed by atoms with E-state index in [4.69, 9.17) is 17.3 Å². The van der Waals surface area contributed by atoms with Gasteiger partial charge < -0.3 is 16.2 Å². The van der Waals surface area contributed by atoms with Crippen LogP contribution < -0.4 is 11.1 Å². The quantitative estimate of drug-likeness (QED) is 0.337. The van der Waals surface area contributed by atoms with Crippen molar-refractivity contribution in [2.24, 2.45) is 0 Å². The van der Waals surface area contributed by atoms with Gasteiger partial charge in [0.2, 0.25) is 5.91 Å². The molecule has 3 aromatic rings. The minimum Gasteiger partial charge on any atom is -0.478 e. The summed E-state index contributed by atoms with van der Waals surface area (Å²) in [4.78, 5) is 28.4. The Kier molecular flexibility index (Phi) is 8.21. The third kappa shape index (κ3) is 5.60. The lowest BCUT2D eigenvalue weighted by Gasteiger charge is -2.16. The topological polar surface area (TPSA) is 153 Å². The van der Waals surface area contributed by atoms with Crippen molar-refractivity contribution in [3.8, 4) is 23.3 Å². The van der Waals surface area contributed by atoms with E-state index in [0.29, 0.717) is 17.0 Å². The van der Waals surface area contributed by atoms with E-state index in [1.165, 1.54) is 18.2 Å². The summed E-state index contributed by atoms with van der Waals surface area (Å²) >= 11 is 6.90. The van der Waals surface area contributed by atoms with Gasteiger partial charge in [-0.2, -0.15) is 10.5 Å². The molecule has 8 nitrogen and oxygen atoms in total. The Labute approximate surface area is 217 Å². The Morgan fingerprint density at radius 1 is 1.08 bits per heavy atom. The van der Waals surface area contributed by atoms with Crippen LogP contribution in [0, 0.1) is 22.7 Å². The predicted octanol–water partition coefficient (Wildman–Crippen LogP) is 5.67. The molecule has 1 heterocycles. The SMILES string of the molecule is CC(Sc1nc(N)c(C#N)c(-c2ccc(C(C)C)cc2)c1C#N)C(=O)Nc1ccc(Cl)c(C(=O)O)c1. The van der Waals surface area contributed by atoms with Gasteiger partial charge in [-0.25, -0.2) is 9.78 Å². The zero-order valence-electron chi connectivity index (χ0n) is 19.7. The van der Waals surface area contributed by atoms with E-state index in [9.17, 15) is 25.2 Å². The number of carbonyl (C=O) groups is 2. The fourth-order valence-corrected chi connectivity index (χ4v) is 4.55. The van der Waals surface area contributed by atoms with Crippen molar-refractivity contribution >= 4 is 46.7 Å². The number of anilines is 2. The number of hydrogen-bond acceptors (Lipinski definition) is 7. The summed E-state index contributed by atoms with van der Waals surface area (Å²) in [5, 5.41) is 31.1. The van der Waals surface area contributed by atoms with Gasteiger partial charge in [-0.1, -0.05) is 61.5 Å². The molecule has 0 saturated heterocycles. The van der Waals surface area contributed by atoms with Gasteiger partial charge in [0.15, 0.2) is 0 Å². The number of carboxylic acids is 1. The second kappa shape index (κ2) is 11.1. The Morgan fingerprint density at radius 3 is 2.28 bits per heavy atom. The van der Waals surface area contributed by atoms with Gasteiger partial charge in [-0.05, 0) is 42.2 Å². The fourth-order valence-electron chi connectivity index (χ4n) is 3.44. The van der Waals surface area contributed by atoms with E-state index >= 15 is 0 Å². The number of halogens is 1. The maximum absolute atomic E-state index is 12.8. The van der Waals surface area contributed by atoms with Crippen LogP contribution in [0.3, 0.4) is 0 Å². The van der Waals surface area contributed by atoms with E-state index in [2.05, 4.69) is 30.2 Å². The number of hydrogen-bond donors (Lipinski definition) is 3. The smallest absolute Gasteiger partial charge is 0.337 e. The Balaban J connectivity index is 1.96. The Bertz CT molecular complexity index is 1430. The first kappa shape index (κ1) is 26.6. The molecule has 0 saturated carbocycles. The number of nitriles is 2. The molecule has 3 rings (SSSR count). The minimum atomic E-state index is -1.22. The fraction of sp³-hybridized carbons (Fsp3) is 0.192. The van der Waals surface area contributed by atoms with Gasteiger partial charge >= 0.3 is 5.97 Å². The third-order valence-electron chi connectivity index (χ3n) is 5.40. The van der Waals surface area contributed by atoms with Crippen LogP contribution in [0.2, 0.25) is 5.02 Å². The summed E-state index contributed by atoms with van der Waals surface area (Å²) < 4.78 is 0. The molecular weight excluding hydrogens is 498 g/mol. The molecule has 1 unspecified atom stereocenters. The number of nitrogens with zero attached hydrogens (tertiary/aromatic N) is 3. The molecule has 1 aromatic heterocycles. The van der Waals surface area contributed by atoms with Crippen molar-refractivity contribution in [3.63, 3.8) is 0 Å². The number of amides is 1. The first-order valence-electron chi connectivity index (χ1n) is 10.8. The monoisotopic (exact) mass is 519 g/mol. The second-order valence-electron chi connectivity index (χ2n) is 8.18. The average molecular weight is 520 g/mol. The lowest BCUT2D eigenvalue weighted by Crippen LogP contribution is -2.23. The Hall–Kier alpha value is -4.05. The zero-order valence-corrected chi connectivity index (χ0v) is 21.2. The lowest BCUT2D eigenvalue weighted by molar-refractivity contribution is -0.115. The number of nitrogens with one attached hydrogen (secondary N) is 1. The summed E-state index contributed by atoms with van der Waals surface area (Å²) in [6, 6.07) is 15.8. The van der Waals surface area contributed by atoms with Crippen LogP contribution in [0.5, 0.6) is 0 Å². The molecule has 0 aliphatic rings. The number of nitrogen functional groups attached to an aromatic ring is 1. The molecule has 10 heteroatoms. The summed E-state index contributed by atoms with van der Waals surface area (Å²) in [5.41, 5.74) is 8.53. The first-order valence-corrected chi connectivity index (χ1v) is 12.1. The number of rotatable bonds is 7. The molecule has 182 valence electrons. The van der Waals surface area contributed by atoms with E-state index in [1.807, 2.05) is 30.3 Å².